The lowest BCUT2D eigenvalue weighted by Gasteiger charge is -2.26. The number of hydrogen-bond donors (Lipinski definition) is 1. The fraction of sp³-hybridized carbons (Fsp3) is 0.510. The SMILES string of the molecule is CN(c1ccc2c(c1)nc(C(C)(C)C)n2CC1CCOCC1)S(=O)(=O)c1cnc(Cl)c(Br)c1.COCCNc1ccc(S(=O)(=O)N(C)c2ccc3c(c2)nc(C(C)(C)C)n3CC2CCOCC2)cn1. The molecule has 0 atom stereocenters. The summed E-state index contributed by atoms with van der Waals surface area (Å²) in [7, 11) is -2.89. The van der Waals surface area contributed by atoms with Crippen LogP contribution in [-0.2, 0) is 58.2 Å². The summed E-state index contributed by atoms with van der Waals surface area (Å²) >= 11 is 9.18. The highest BCUT2D eigenvalue weighted by Gasteiger charge is 2.30. The van der Waals surface area contributed by atoms with Crippen molar-refractivity contribution < 1.29 is 31.0 Å². The van der Waals surface area contributed by atoms with Gasteiger partial charge in [-0.1, -0.05) is 53.1 Å². The number of nitrogens with zero attached hydrogens (tertiary/aromatic N) is 8. The first-order valence-electron chi connectivity index (χ1n) is 23.2. The number of pyridine rings is 2. The van der Waals surface area contributed by atoms with E-state index in [9.17, 15) is 16.8 Å². The normalized spacial score (nSPS) is 15.6. The van der Waals surface area contributed by atoms with Gasteiger partial charge in [0.05, 0.1) is 44.5 Å². The third-order valence-electron chi connectivity index (χ3n) is 12.5. The predicted molar refractivity (Wildman–Crippen MR) is 277 cm³/mol. The van der Waals surface area contributed by atoms with Gasteiger partial charge in [0.1, 0.15) is 32.4 Å². The molecule has 2 aliphatic rings. The van der Waals surface area contributed by atoms with E-state index in [0.717, 1.165) is 98.9 Å². The number of rotatable bonds is 14. The third kappa shape index (κ3) is 12.0. The van der Waals surface area contributed by atoms with E-state index in [1.165, 1.54) is 34.1 Å². The van der Waals surface area contributed by atoms with Crippen LogP contribution in [0.2, 0.25) is 5.15 Å². The Bertz CT molecular complexity index is 2960. The minimum Gasteiger partial charge on any atom is -0.383 e. The van der Waals surface area contributed by atoms with Crippen molar-refractivity contribution in [1.29, 1.82) is 0 Å². The summed E-state index contributed by atoms with van der Waals surface area (Å²) in [6.07, 6.45) is 6.78. The van der Waals surface area contributed by atoms with Gasteiger partial charge in [-0.2, -0.15) is 0 Å². The first-order valence-corrected chi connectivity index (χ1v) is 27.3. The molecule has 8 rings (SSSR count). The molecule has 0 radical (unpaired) electrons. The Morgan fingerprint density at radius 1 is 0.710 bits per heavy atom. The van der Waals surface area contributed by atoms with Crippen LogP contribution < -0.4 is 13.9 Å². The smallest absolute Gasteiger partial charge is 0.265 e. The first-order chi connectivity index (χ1) is 32.6. The maximum absolute atomic E-state index is 13.3. The Kier molecular flexibility index (Phi) is 16.4. The van der Waals surface area contributed by atoms with Crippen LogP contribution in [0, 0.1) is 11.8 Å². The number of fused-ring (bicyclic) bond motifs is 2. The van der Waals surface area contributed by atoms with E-state index >= 15 is 0 Å². The highest BCUT2D eigenvalue weighted by Crippen LogP contribution is 2.35. The molecule has 0 aliphatic carbocycles. The molecule has 16 nitrogen and oxygen atoms in total. The van der Waals surface area contributed by atoms with Crippen molar-refractivity contribution in [2.75, 3.05) is 74.7 Å². The fourth-order valence-corrected chi connectivity index (χ4v) is 11.5. The standard InChI is InChI=1S/C26H37N5O4S.C23H28BrClN4O3S/c1-26(2,3)25-29-22-16-20(6-8-23(22)31(25)18-19-10-13-35-14-11-19)30(4)36(32,33)21-7-9-24(28-17-21)27-12-15-34-5;1-23(2,3)22-27-19-11-16(5-6-20(19)29(22)14-15-7-9-32-10-8-15)28(4)33(30,31)17-12-18(24)21(25)26-13-17/h6-9,16-17,19H,10-15,18H2,1-5H3,(H,27,28);5-6,11-13,15H,7-10,14H2,1-4H3. The highest BCUT2D eigenvalue weighted by molar-refractivity contribution is 9.10. The van der Waals surface area contributed by atoms with Crippen molar-refractivity contribution in [2.45, 2.75) is 101 Å². The number of imidazole rings is 2. The zero-order chi connectivity index (χ0) is 49.9. The highest BCUT2D eigenvalue weighted by atomic mass is 79.9. The summed E-state index contributed by atoms with van der Waals surface area (Å²) in [6.45, 7) is 19.0. The summed E-state index contributed by atoms with van der Waals surface area (Å²) in [4.78, 5) is 18.3. The van der Waals surface area contributed by atoms with Crippen molar-refractivity contribution in [3.05, 3.63) is 88.3 Å². The van der Waals surface area contributed by atoms with Crippen LogP contribution >= 0.6 is 27.5 Å². The van der Waals surface area contributed by atoms with Crippen LogP contribution in [0.15, 0.2) is 81.3 Å². The molecule has 2 aliphatic heterocycles. The zero-order valence-electron chi connectivity index (χ0n) is 41.0. The van der Waals surface area contributed by atoms with Crippen molar-refractivity contribution in [2.24, 2.45) is 11.8 Å². The predicted octanol–water partition coefficient (Wildman–Crippen LogP) is 9.44. The summed E-state index contributed by atoms with van der Waals surface area (Å²) in [5.74, 6) is 3.68. The molecule has 20 heteroatoms. The third-order valence-corrected chi connectivity index (χ3v) is 17.2. The number of ether oxygens (including phenoxy) is 3. The van der Waals surface area contributed by atoms with Gasteiger partial charge in [-0.25, -0.2) is 36.8 Å². The molecule has 2 saturated heterocycles. The number of aromatic nitrogens is 6. The lowest BCUT2D eigenvalue weighted by Crippen LogP contribution is -2.26. The Labute approximate surface area is 420 Å². The fourth-order valence-electron chi connectivity index (χ4n) is 8.57. The zero-order valence-corrected chi connectivity index (χ0v) is 45.0. The van der Waals surface area contributed by atoms with E-state index < -0.39 is 20.0 Å². The monoisotopic (exact) mass is 1070 g/mol. The quantitative estimate of drug-likeness (QED) is 0.0809. The second-order valence-corrected chi connectivity index (χ2v) is 24.9. The molecular formula is C49H65BrClN9O7S2. The van der Waals surface area contributed by atoms with E-state index in [1.807, 2.05) is 36.4 Å². The van der Waals surface area contributed by atoms with Gasteiger partial charge in [0.2, 0.25) is 0 Å². The summed E-state index contributed by atoms with van der Waals surface area (Å²) in [6, 6.07) is 16.0. The van der Waals surface area contributed by atoms with Gasteiger partial charge in [-0.3, -0.25) is 8.61 Å². The van der Waals surface area contributed by atoms with Crippen molar-refractivity contribution in [3.63, 3.8) is 0 Å². The van der Waals surface area contributed by atoms with E-state index in [1.54, 1.807) is 26.3 Å². The van der Waals surface area contributed by atoms with E-state index in [4.69, 9.17) is 35.8 Å². The van der Waals surface area contributed by atoms with Gasteiger partial charge >= 0.3 is 0 Å². The molecule has 6 heterocycles. The maximum atomic E-state index is 13.3. The van der Waals surface area contributed by atoms with Crippen LogP contribution in [-0.4, -0.2) is 107 Å². The van der Waals surface area contributed by atoms with Crippen molar-refractivity contribution in [1.82, 2.24) is 29.1 Å². The molecule has 4 aromatic heterocycles. The molecule has 1 N–H and O–H groups in total. The molecule has 0 unspecified atom stereocenters. The van der Waals surface area contributed by atoms with Crippen LogP contribution in [0.3, 0.4) is 0 Å². The molecule has 0 bridgehead atoms. The molecule has 2 aromatic carbocycles. The summed E-state index contributed by atoms with van der Waals surface area (Å²) < 4.78 is 76.8. The van der Waals surface area contributed by atoms with Crippen LogP contribution in [0.1, 0.15) is 78.9 Å². The van der Waals surface area contributed by atoms with E-state index in [-0.39, 0.29) is 25.8 Å². The molecular weight excluding hydrogens is 1010 g/mol. The van der Waals surface area contributed by atoms with Gasteiger partial charge in [0, 0.05) is 90.5 Å². The largest absolute Gasteiger partial charge is 0.383 e. The van der Waals surface area contributed by atoms with Crippen molar-refractivity contribution >= 4 is 86.8 Å². The summed E-state index contributed by atoms with van der Waals surface area (Å²) in [5, 5.41) is 3.30. The first kappa shape index (κ1) is 52.5. The topological polar surface area (TPSA) is 176 Å². The average molecular weight is 1070 g/mol. The van der Waals surface area contributed by atoms with E-state index in [2.05, 4.69) is 81.9 Å². The van der Waals surface area contributed by atoms with Gasteiger partial charge in [0.25, 0.3) is 20.0 Å². The second kappa shape index (κ2) is 21.5. The summed E-state index contributed by atoms with van der Waals surface area (Å²) in [5.41, 5.74) is 4.40. The number of nitrogens with one attached hydrogen (secondary N) is 1. The lowest BCUT2D eigenvalue weighted by atomic mass is 9.94. The minimum atomic E-state index is -3.82. The average Bonchev–Trinajstić information content (AvgIpc) is 3.88. The molecule has 374 valence electrons. The molecule has 69 heavy (non-hydrogen) atoms. The number of anilines is 3. The molecule has 0 amide bonds. The molecule has 2 fully saturated rings. The van der Waals surface area contributed by atoms with Gasteiger partial charge < -0.3 is 28.7 Å². The van der Waals surface area contributed by atoms with Gasteiger partial charge in [-0.05, 0) is 108 Å². The van der Waals surface area contributed by atoms with Crippen molar-refractivity contribution in [3.8, 4) is 0 Å². The van der Waals surface area contributed by atoms with Gasteiger partial charge in [-0.15, -0.1) is 0 Å². The Hall–Kier alpha value is -4.37. The molecule has 6 aromatic rings. The van der Waals surface area contributed by atoms with Crippen LogP contribution in [0.5, 0.6) is 0 Å². The number of halogens is 2. The number of hydrogen-bond acceptors (Lipinski definition) is 12. The number of benzene rings is 2. The molecule has 0 spiro atoms. The minimum absolute atomic E-state index is 0.0572. The Morgan fingerprint density at radius 3 is 1.59 bits per heavy atom. The lowest BCUT2D eigenvalue weighted by molar-refractivity contribution is 0.0610. The Morgan fingerprint density at radius 2 is 1.17 bits per heavy atom. The van der Waals surface area contributed by atoms with E-state index in [0.29, 0.717) is 46.7 Å². The number of sulfonamides is 2. The maximum Gasteiger partial charge on any atom is 0.265 e. The molecule has 0 saturated carbocycles. The van der Waals surface area contributed by atoms with Crippen LogP contribution in [0.25, 0.3) is 22.1 Å². The van der Waals surface area contributed by atoms with Crippen LogP contribution in [0.4, 0.5) is 17.2 Å². The number of methoxy groups -OCH3 is 1. The second-order valence-electron chi connectivity index (χ2n) is 19.7. The van der Waals surface area contributed by atoms with Gasteiger partial charge in [0.15, 0.2) is 0 Å². The Balaban J connectivity index is 0.000000205.